The summed E-state index contributed by atoms with van der Waals surface area (Å²) in [7, 11) is -2.83. The van der Waals surface area contributed by atoms with Gasteiger partial charge in [0, 0.05) is 36.0 Å². The van der Waals surface area contributed by atoms with Gasteiger partial charge in [0.25, 0.3) is 10.0 Å². The molecule has 0 unspecified atom stereocenters. The van der Waals surface area contributed by atoms with Gasteiger partial charge in [-0.2, -0.15) is 10.1 Å². The van der Waals surface area contributed by atoms with Gasteiger partial charge in [0.2, 0.25) is 5.88 Å². The molecule has 34 heavy (non-hydrogen) atoms. The number of aliphatic hydroxyl groups excluding tert-OH is 1. The van der Waals surface area contributed by atoms with E-state index in [1.54, 1.807) is 12.1 Å². The molecule has 0 aliphatic rings. The number of methoxy groups -OCH3 is 1. The van der Waals surface area contributed by atoms with Crippen molar-refractivity contribution in [1.29, 1.82) is 0 Å². The summed E-state index contributed by atoms with van der Waals surface area (Å²) >= 11 is 0. The molecule has 0 atom stereocenters. The Balaban J connectivity index is 1.61. The van der Waals surface area contributed by atoms with Crippen molar-refractivity contribution in [1.82, 2.24) is 20.2 Å². The lowest BCUT2D eigenvalue weighted by molar-refractivity contribution is 0.231. The van der Waals surface area contributed by atoms with Gasteiger partial charge in [0.15, 0.2) is 11.5 Å². The normalized spacial score (nSPS) is 11.5. The summed E-state index contributed by atoms with van der Waals surface area (Å²) in [6.07, 6.45) is 0.445. The highest BCUT2D eigenvalue weighted by Gasteiger charge is 2.21. The van der Waals surface area contributed by atoms with Crippen molar-refractivity contribution >= 4 is 26.7 Å². The minimum Gasteiger partial charge on any atom is -0.497 e. The van der Waals surface area contributed by atoms with Crippen LogP contribution in [0.3, 0.4) is 0 Å². The Morgan fingerprint density at radius 3 is 2.62 bits per heavy atom. The van der Waals surface area contributed by atoms with Gasteiger partial charge in [0.05, 0.1) is 13.7 Å². The zero-order valence-corrected chi connectivity index (χ0v) is 19.2. The molecule has 2 aromatic carbocycles. The van der Waals surface area contributed by atoms with Crippen molar-refractivity contribution in [2.24, 2.45) is 0 Å². The molecule has 0 fully saturated rings. The molecule has 0 bridgehead atoms. The highest BCUT2D eigenvalue weighted by molar-refractivity contribution is 7.92. The van der Waals surface area contributed by atoms with Crippen LogP contribution in [0.1, 0.15) is 12.1 Å². The lowest BCUT2D eigenvalue weighted by atomic mass is 10.2. The highest BCUT2D eigenvalue weighted by atomic mass is 32.2. The average Bonchev–Trinajstić information content (AvgIpc) is 3.20. The SMILES string of the molecule is COc1ccc(F)c(S(=O)(=O)Nc2ccc(-c3nc(OCCCO)c4c(C)[nH]nc4n3)cc2)c1. The molecule has 4 aromatic rings. The van der Waals surface area contributed by atoms with Gasteiger partial charge in [-0.05, 0) is 43.3 Å². The number of aliphatic hydroxyl groups is 1. The van der Waals surface area contributed by atoms with Gasteiger partial charge in [-0.25, -0.2) is 17.8 Å². The van der Waals surface area contributed by atoms with E-state index in [1.165, 1.54) is 25.3 Å². The molecule has 2 heterocycles. The van der Waals surface area contributed by atoms with Crippen molar-refractivity contribution in [2.45, 2.75) is 18.2 Å². The van der Waals surface area contributed by atoms with E-state index in [-0.39, 0.29) is 24.7 Å². The first-order valence-electron chi connectivity index (χ1n) is 10.3. The maximum absolute atomic E-state index is 14.1. The number of benzene rings is 2. The van der Waals surface area contributed by atoms with Gasteiger partial charge in [-0.3, -0.25) is 9.82 Å². The number of fused-ring (bicyclic) bond motifs is 1. The molecule has 12 heteroatoms. The highest BCUT2D eigenvalue weighted by Crippen LogP contribution is 2.29. The number of hydrogen-bond acceptors (Lipinski definition) is 8. The molecule has 0 amide bonds. The largest absolute Gasteiger partial charge is 0.497 e. The van der Waals surface area contributed by atoms with Crippen molar-refractivity contribution < 1.29 is 27.4 Å². The summed E-state index contributed by atoms with van der Waals surface area (Å²) < 4.78 is 52.6. The van der Waals surface area contributed by atoms with Crippen molar-refractivity contribution in [3.63, 3.8) is 0 Å². The molecular weight excluding hydrogens is 465 g/mol. The van der Waals surface area contributed by atoms with E-state index in [0.717, 1.165) is 17.8 Å². The predicted octanol–water partition coefficient (Wildman–Crippen LogP) is 3.04. The number of aromatic amines is 1. The Labute approximate surface area is 194 Å². The number of aryl methyl sites for hydroxylation is 1. The second-order valence-corrected chi connectivity index (χ2v) is 8.96. The van der Waals surface area contributed by atoms with Crippen LogP contribution in [0.5, 0.6) is 11.6 Å². The fourth-order valence-electron chi connectivity index (χ4n) is 3.21. The van der Waals surface area contributed by atoms with Crippen LogP contribution < -0.4 is 14.2 Å². The minimum atomic E-state index is -4.19. The Morgan fingerprint density at radius 1 is 1.15 bits per heavy atom. The van der Waals surface area contributed by atoms with E-state index in [9.17, 15) is 12.8 Å². The summed E-state index contributed by atoms with van der Waals surface area (Å²) in [4.78, 5) is 8.41. The van der Waals surface area contributed by atoms with Gasteiger partial charge < -0.3 is 14.6 Å². The molecule has 2 aromatic heterocycles. The fraction of sp³-hybridized carbons (Fsp3) is 0.227. The van der Waals surface area contributed by atoms with Crippen LogP contribution in [-0.4, -0.2) is 54.0 Å². The third-order valence-corrected chi connectivity index (χ3v) is 6.32. The number of sulfonamides is 1. The Kier molecular flexibility index (Phi) is 6.61. The van der Waals surface area contributed by atoms with E-state index >= 15 is 0 Å². The van der Waals surface area contributed by atoms with Crippen LogP contribution in [-0.2, 0) is 10.0 Å². The van der Waals surface area contributed by atoms with Gasteiger partial charge >= 0.3 is 0 Å². The Bertz CT molecular complexity index is 1420. The third kappa shape index (κ3) is 4.77. The number of anilines is 1. The number of nitrogens with zero attached hydrogens (tertiary/aromatic N) is 3. The van der Waals surface area contributed by atoms with Crippen molar-refractivity contribution in [2.75, 3.05) is 25.0 Å². The maximum atomic E-state index is 14.1. The number of ether oxygens (including phenoxy) is 2. The number of rotatable bonds is 9. The minimum absolute atomic E-state index is 0.0114. The average molecular weight is 488 g/mol. The molecule has 4 rings (SSSR count). The number of hydrogen-bond donors (Lipinski definition) is 3. The molecular formula is C22H22FN5O5S. The van der Waals surface area contributed by atoms with Gasteiger partial charge in [-0.1, -0.05) is 0 Å². The maximum Gasteiger partial charge on any atom is 0.264 e. The number of H-pyrrole nitrogens is 1. The molecule has 0 spiro atoms. The van der Waals surface area contributed by atoms with E-state index in [1.807, 2.05) is 6.92 Å². The van der Waals surface area contributed by atoms with Crippen LogP contribution in [0, 0.1) is 12.7 Å². The molecule has 178 valence electrons. The smallest absolute Gasteiger partial charge is 0.264 e. The van der Waals surface area contributed by atoms with E-state index in [0.29, 0.717) is 34.7 Å². The van der Waals surface area contributed by atoms with Gasteiger partial charge in [0.1, 0.15) is 21.8 Å². The van der Waals surface area contributed by atoms with Crippen LogP contribution in [0.2, 0.25) is 0 Å². The Hall–Kier alpha value is -3.77. The van der Waals surface area contributed by atoms with Crippen LogP contribution >= 0.6 is 0 Å². The van der Waals surface area contributed by atoms with Crippen LogP contribution in [0.4, 0.5) is 10.1 Å². The summed E-state index contributed by atoms with van der Waals surface area (Å²) in [6, 6.07) is 9.75. The summed E-state index contributed by atoms with van der Waals surface area (Å²) in [5, 5.41) is 16.7. The van der Waals surface area contributed by atoms with Crippen LogP contribution in [0.25, 0.3) is 22.4 Å². The first-order chi connectivity index (χ1) is 16.3. The second kappa shape index (κ2) is 9.61. The lowest BCUT2D eigenvalue weighted by Gasteiger charge is -2.11. The second-order valence-electron chi connectivity index (χ2n) is 7.30. The molecule has 0 aliphatic heterocycles. The van der Waals surface area contributed by atoms with Crippen molar-refractivity contribution in [3.8, 4) is 23.0 Å². The summed E-state index contributed by atoms with van der Waals surface area (Å²) in [5.41, 5.74) is 1.97. The van der Waals surface area contributed by atoms with E-state index in [4.69, 9.17) is 14.6 Å². The molecule has 0 saturated carbocycles. The quantitative estimate of drug-likeness (QED) is 0.306. The molecule has 0 saturated heterocycles. The number of halogens is 1. The molecule has 3 N–H and O–H groups in total. The molecule has 10 nitrogen and oxygen atoms in total. The standard InChI is InChI=1S/C22H22FN5O5S/c1-13-19-21(27-26-13)24-20(25-22(19)33-11-3-10-29)14-4-6-15(7-5-14)28-34(30,31)18-12-16(32-2)8-9-17(18)23/h4-9,12,28-29H,3,10-11H2,1-2H3,(H,24,25,26,27). The first-order valence-corrected chi connectivity index (χ1v) is 11.7. The van der Waals surface area contributed by atoms with E-state index < -0.39 is 20.7 Å². The van der Waals surface area contributed by atoms with Gasteiger partial charge in [-0.15, -0.1) is 0 Å². The zero-order chi connectivity index (χ0) is 24.3. The number of aromatic nitrogens is 4. The first kappa shape index (κ1) is 23.4. The van der Waals surface area contributed by atoms with Crippen LogP contribution in [0.15, 0.2) is 47.4 Å². The predicted molar refractivity (Wildman–Crippen MR) is 123 cm³/mol. The topological polar surface area (TPSA) is 139 Å². The summed E-state index contributed by atoms with van der Waals surface area (Å²) in [6.45, 7) is 2.08. The van der Waals surface area contributed by atoms with Crippen molar-refractivity contribution in [3.05, 3.63) is 54.0 Å². The fourth-order valence-corrected chi connectivity index (χ4v) is 4.36. The zero-order valence-electron chi connectivity index (χ0n) is 18.4. The number of nitrogens with one attached hydrogen (secondary N) is 2. The molecule has 0 aliphatic carbocycles. The lowest BCUT2D eigenvalue weighted by Crippen LogP contribution is -2.14. The monoisotopic (exact) mass is 487 g/mol. The Morgan fingerprint density at radius 2 is 1.91 bits per heavy atom. The van der Waals surface area contributed by atoms with E-state index in [2.05, 4.69) is 24.9 Å². The molecule has 0 radical (unpaired) electrons. The third-order valence-electron chi connectivity index (χ3n) is 4.93. The summed E-state index contributed by atoms with van der Waals surface area (Å²) in [5.74, 6) is -0.0193.